The molecule has 2 fully saturated rings. The minimum Gasteiger partial charge on any atom is -0.380 e. The molecule has 2 unspecified atom stereocenters. The molecule has 18 heavy (non-hydrogen) atoms. The summed E-state index contributed by atoms with van der Waals surface area (Å²) in [5.41, 5.74) is 2.49. The molecule has 2 saturated heterocycles. The normalized spacial score (nSPS) is 26.5. The lowest BCUT2D eigenvalue weighted by molar-refractivity contribution is -0.127. The highest BCUT2D eigenvalue weighted by Crippen LogP contribution is 2.31. The number of benzene rings is 1. The van der Waals surface area contributed by atoms with Crippen LogP contribution < -0.4 is 5.32 Å². The van der Waals surface area contributed by atoms with Gasteiger partial charge in [-0.05, 0) is 37.0 Å². The predicted octanol–water partition coefficient (Wildman–Crippen LogP) is 2.42. The van der Waals surface area contributed by atoms with E-state index in [-0.39, 0.29) is 0 Å². The van der Waals surface area contributed by atoms with Crippen LogP contribution in [-0.4, -0.2) is 29.4 Å². The van der Waals surface area contributed by atoms with Crippen molar-refractivity contribution in [3.05, 3.63) is 29.8 Å². The largest absolute Gasteiger partial charge is 0.380 e. The van der Waals surface area contributed by atoms with E-state index in [1.54, 1.807) is 0 Å². The van der Waals surface area contributed by atoms with E-state index < -0.39 is 0 Å². The van der Waals surface area contributed by atoms with Crippen molar-refractivity contribution in [2.24, 2.45) is 0 Å². The molecule has 0 saturated carbocycles. The van der Waals surface area contributed by atoms with E-state index >= 15 is 0 Å². The number of nitrogens with one attached hydrogen (secondary N) is 1. The van der Waals surface area contributed by atoms with Crippen LogP contribution in [0.2, 0.25) is 0 Å². The zero-order valence-electron chi connectivity index (χ0n) is 10.9. The van der Waals surface area contributed by atoms with Crippen molar-refractivity contribution in [3.8, 4) is 0 Å². The van der Waals surface area contributed by atoms with E-state index in [1.807, 2.05) is 0 Å². The summed E-state index contributed by atoms with van der Waals surface area (Å²) in [6, 6.07) is 9.29. The van der Waals surface area contributed by atoms with Gasteiger partial charge in [0, 0.05) is 18.7 Å². The molecule has 0 aromatic heterocycles. The molecule has 3 heteroatoms. The quantitative estimate of drug-likeness (QED) is 0.885. The third-order valence-corrected chi connectivity index (χ3v) is 4.19. The summed E-state index contributed by atoms with van der Waals surface area (Å²) in [6.45, 7) is 3.12. The number of fused-ring (bicyclic) bond motifs is 1. The van der Waals surface area contributed by atoms with Crippen LogP contribution in [0.25, 0.3) is 0 Å². The Hall–Kier alpha value is -1.51. The number of anilines is 1. The highest BCUT2D eigenvalue weighted by molar-refractivity contribution is 5.81. The molecule has 3 rings (SSSR count). The fraction of sp³-hybridized carbons (Fsp3) is 0.533. The zero-order valence-corrected chi connectivity index (χ0v) is 10.9. The van der Waals surface area contributed by atoms with Crippen molar-refractivity contribution in [2.75, 3.05) is 11.9 Å². The Balaban J connectivity index is 1.70. The Morgan fingerprint density at radius 3 is 2.83 bits per heavy atom. The van der Waals surface area contributed by atoms with E-state index in [1.165, 1.54) is 5.56 Å². The summed E-state index contributed by atoms with van der Waals surface area (Å²) in [5, 5.41) is 3.53. The highest BCUT2D eigenvalue weighted by Gasteiger charge is 2.42. The van der Waals surface area contributed by atoms with Gasteiger partial charge in [-0.15, -0.1) is 0 Å². The molecule has 2 aliphatic rings. The summed E-state index contributed by atoms with van der Waals surface area (Å²) >= 11 is 0. The highest BCUT2D eigenvalue weighted by atomic mass is 16.2. The van der Waals surface area contributed by atoms with Gasteiger partial charge in [-0.3, -0.25) is 4.79 Å². The maximum atomic E-state index is 11.8. The third kappa shape index (κ3) is 1.98. The van der Waals surface area contributed by atoms with Gasteiger partial charge in [-0.25, -0.2) is 0 Å². The number of amides is 1. The van der Waals surface area contributed by atoms with Crippen LogP contribution >= 0.6 is 0 Å². The molecule has 2 atom stereocenters. The molecule has 2 heterocycles. The molecule has 1 aromatic carbocycles. The second kappa shape index (κ2) is 4.63. The minimum absolute atomic E-state index is 0.299. The van der Waals surface area contributed by atoms with Crippen LogP contribution in [0.15, 0.2) is 24.3 Å². The van der Waals surface area contributed by atoms with Crippen molar-refractivity contribution in [3.63, 3.8) is 0 Å². The average molecular weight is 244 g/mol. The van der Waals surface area contributed by atoms with E-state index in [2.05, 4.69) is 41.4 Å². The van der Waals surface area contributed by atoms with Gasteiger partial charge in [-0.2, -0.15) is 0 Å². The first-order chi connectivity index (χ1) is 8.78. The number of rotatable bonds is 3. The van der Waals surface area contributed by atoms with Crippen molar-refractivity contribution >= 4 is 11.6 Å². The minimum atomic E-state index is 0.299. The van der Waals surface area contributed by atoms with E-state index in [4.69, 9.17) is 0 Å². The fourth-order valence-corrected chi connectivity index (χ4v) is 3.16. The molecule has 0 spiro atoms. The molecule has 0 aliphatic carbocycles. The lowest BCUT2D eigenvalue weighted by atomic mass is 10.1. The van der Waals surface area contributed by atoms with Crippen molar-refractivity contribution in [1.82, 2.24) is 4.90 Å². The smallest absolute Gasteiger partial charge is 0.225 e. The summed E-state index contributed by atoms with van der Waals surface area (Å²) in [6.07, 6.45) is 4.03. The first-order valence-corrected chi connectivity index (χ1v) is 6.93. The number of carbonyl (C=O) groups excluding carboxylic acids is 1. The second-order valence-electron chi connectivity index (χ2n) is 5.30. The SMILES string of the molecule is CCc1ccc(NC2CC(=O)N3CCCC23)cc1. The molecule has 0 radical (unpaired) electrons. The van der Waals surface area contributed by atoms with Crippen LogP contribution in [0.3, 0.4) is 0 Å². The van der Waals surface area contributed by atoms with Crippen LogP contribution in [0.1, 0.15) is 31.7 Å². The van der Waals surface area contributed by atoms with Crippen molar-refractivity contribution < 1.29 is 4.79 Å². The third-order valence-electron chi connectivity index (χ3n) is 4.19. The van der Waals surface area contributed by atoms with Gasteiger partial charge in [0.1, 0.15) is 0 Å². The number of carbonyl (C=O) groups is 1. The molecule has 3 nitrogen and oxygen atoms in total. The lowest BCUT2D eigenvalue weighted by Gasteiger charge is -2.22. The predicted molar refractivity (Wildman–Crippen MR) is 72.6 cm³/mol. The number of hydrogen-bond donors (Lipinski definition) is 1. The van der Waals surface area contributed by atoms with E-state index in [9.17, 15) is 4.79 Å². The molecule has 1 amide bonds. The van der Waals surface area contributed by atoms with Crippen LogP contribution in [0.4, 0.5) is 5.69 Å². The van der Waals surface area contributed by atoms with Crippen LogP contribution in [0.5, 0.6) is 0 Å². The van der Waals surface area contributed by atoms with Gasteiger partial charge in [0.15, 0.2) is 0 Å². The van der Waals surface area contributed by atoms with Gasteiger partial charge in [-0.1, -0.05) is 19.1 Å². The Morgan fingerprint density at radius 1 is 1.33 bits per heavy atom. The van der Waals surface area contributed by atoms with E-state index in [0.717, 1.165) is 31.5 Å². The number of aryl methyl sites for hydroxylation is 1. The Morgan fingerprint density at radius 2 is 2.11 bits per heavy atom. The summed E-state index contributed by atoms with van der Waals surface area (Å²) in [4.78, 5) is 13.9. The van der Waals surface area contributed by atoms with Crippen LogP contribution in [-0.2, 0) is 11.2 Å². The molecule has 1 aromatic rings. The standard InChI is InChI=1S/C15H20N2O/c1-2-11-5-7-12(8-6-11)16-13-10-15(18)17-9-3-4-14(13)17/h5-8,13-14,16H,2-4,9-10H2,1H3. The zero-order chi connectivity index (χ0) is 12.5. The maximum Gasteiger partial charge on any atom is 0.225 e. The molecule has 96 valence electrons. The Labute approximate surface area is 108 Å². The molecule has 1 N–H and O–H groups in total. The van der Waals surface area contributed by atoms with Gasteiger partial charge in [0.25, 0.3) is 0 Å². The van der Waals surface area contributed by atoms with Crippen LogP contribution in [0, 0.1) is 0 Å². The van der Waals surface area contributed by atoms with Crippen molar-refractivity contribution in [1.29, 1.82) is 0 Å². The second-order valence-corrected chi connectivity index (χ2v) is 5.30. The summed E-state index contributed by atoms with van der Waals surface area (Å²) in [5.74, 6) is 0.320. The summed E-state index contributed by atoms with van der Waals surface area (Å²) in [7, 11) is 0. The Bertz CT molecular complexity index is 440. The molecular formula is C15H20N2O. The topological polar surface area (TPSA) is 32.3 Å². The first-order valence-electron chi connectivity index (χ1n) is 6.93. The number of nitrogens with zero attached hydrogens (tertiary/aromatic N) is 1. The monoisotopic (exact) mass is 244 g/mol. The Kier molecular flexibility index (Phi) is 2.98. The van der Waals surface area contributed by atoms with Gasteiger partial charge >= 0.3 is 0 Å². The van der Waals surface area contributed by atoms with Crippen molar-refractivity contribution in [2.45, 2.75) is 44.7 Å². The van der Waals surface area contributed by atoms with Gasteiger partial charge < -0.3 is 10.2 Å². The maximum absolute atomic E-state index is 11.8. The van der Waals surface area contributed by atoms with E-state index in [0.29, 0.717) is 24.4 Å². The molecule has 0 bridgehead atoms. The first kappa shape index (κ1) is 11.6. The average Bonchev–Trinajstić information content (AvgIpc) is 2.97. The summed E-state index contributed by atoms with van der Waals surface area (Å²) < 4.78 is 0. The molecular weight excluding hydrogens is 224 g/mol. The number of hydrogen-bond acceptors (Lipinski definition) is 2. The lowest BCUT2D eigenvalue weighted by Crippen LogP contribution is -2.34. The van der Waals surface area contributed by atoms with Gasteiger partial charge in [0.05, 0.1) is 12.1 Å². The molecule has 2 aliphatic heterocycles. The fourth-order valence-electron chi connectivity index (χ4n) is 3.16. The van der Waals surface area contributed by atoms with Gasteiger partial charge in [0.2, 0.25) is 5.91 Å².